The first-order valence-electron chi connectivity index (χ1n) is 7.13. The largest absolute Gasteiger partial charge is 0.450 e. The fraction of sp³-hybridized carbons (Fsp3) is 0.235. The molecule has 1 aliphatic rings. The van der Waals surface area contributed by atoms with Crippen LogP contribution in [0.4, 0.5) is 5.69 Å². The average molecular weight is 297 g/mol. The van der Waals surface area contributed by atoms with E-state index in [2.05, 4.69) is 0 Å². The Bertz CT molecular complexity index is 767. The molecule has 0 radical (unpaired) electrons. The van der Waals surface area contributed by atoms with E-state index < -0.39 is 4.92 Å². The topological polar surface area (TPSA) is 69.4 Å². The number of fused-ring (bicyclic) bond motifs is 1. The number of benzene rings is 2. The van der Waals surface area contributed by atoms with Gasteiger partial charge in [-0.25, -0.2) is 0 Å². The highest BCUT2D eigenvalue weighted by molar-refractivity contribution is 5.95. The maximum Gasteiger partial charge on any atom is 0.312 e. The molecule has 5 heteroatoms. The normalized spacial score (nSPS) is 12.8. The molecule has 0 fully saturated rings. The summed E-state index contributed by atoms with van der Waals surface area (Å²) >= 11 is 0. The van der Waals surface area contributed by atoms with E-state index in [0.717, 1.165) is 19.3 Å². The summed E-state index contributed by atoms with van der Waals surface area (Å²) in [4.78, 5) is 22.0. The lowest BCUT2D eigenvalue weighted by Gasteiger charge is -2.09. The number of nitrogens with zero attached hydrogens (tertiary/aromatic N) is 1. The maximum absolute atomic E-state index is 11.4. The number of hydrogen-bond donors (Lipinski definition) is 0. The molecule has 112 valence electrons. The zero-order chi connectivity index (χ0) is 15.7. The number of Topliss-reactive ketones (excluding diaryl/α,β-unsaturated/α-hetero) is 1. The van der Waals surface area contributed by atoms with Crippen LogP contribution in [-0.4, -0.2) is 10.7 Å². The summed E-state index contributed by atoms with van der Waals surface area (Å²) in [5, 5.41) is 11.2. The molecule has 0 amide bonds. The third-order valence-electron chi connectivity index (χ3n) is 3.86. The first kappa shape index (κ1) is 14.3. The molecule has 0 heterocycles. The second-order valence-electron chi connectivity index (χ2n) is 5.38. The number of rotatable bonds is 4. The van der Waals surface area contributed by atoms with Crippen molar-refractivity contribution < 1.29 is 14.5 Å². The van der Waals surface area contributed by atoms with Gasteiger partial charge in [0.25, 0.3) is 0 Å². The van der Waals surface area contributed by atoms with Crippen LogP contribution in [0.25, 0.3) is 0 Å². The molecule has 0 unspecified atom stereocenters. The molecule has 0 aromatic heterocycles. The summed E-state index contributed by atoms with van der Waals surface area (Å²) in [5.74, 6) is 0.513. The fourth-order valence-electron chi connectivity index (χ4n) is 2.70. The molecule has 0 N–H and O–H groups in total. The Morgan fingerprint density at radius 3 is 2.64 bits per heavy atom. The van der Waals surface area contributed by atoms with Gasteiger partial charge in [-0.3, -0.25) is 14.9 Å². The molecule has 0 saturated heterocycles. The van der Waals surface area contributed by atoms with E-state index in [-0.39, 0.29) is 17.2 Å². The van der Waals surface area contributed by atoms with Crippen LogP contribution in [0.5, 0.6) is 11.5 Å². The lowest BCUT2D eigenvalue weighted by Crippen LogP contribution is -1.98. The van der Waals surface area contributed by atoms with Crippen molar-refractivity contribution in [2.24, 2.45) is 0 Å². The van der Waals surface area contributed by atoms with Crippen molar-refractivity contribution in [2.45, 2.75) is 26.2 Å². The standard InChI is InChI=1S/C17H15NO4/c1-11(19)13-6-8-17(16(10-13)18(20)21)22-15-7-5-12-3-2-4-14(12)9-15/h5-10H,2-4H2,1H3. The SMILES string of the molecule is CC(=O)c1ccc(Oc2ccc3c(c2)CCC3)c([N+](=O)[O-])c1. The van der Waals surface area contributed by atoms with Crippen molar-refractivity contribution in [3.8, 4) is 11.5 Å². The molecule has 2 aromatic rings. The molecule has 0 spiro atoms. The second-order valence-corrected chi connectivity index (χ2v) is 5.38. The highest BCUT2D eigenvalue weighted by atomic mass is 16.6. The number of nitro groups is 1. The first-order valence-corrected chi connectivity index (χ1v) is 7.13. The molecular formula is C17H15NO4. The average Bonchev–Trinajstić information content (AvgIpc) is 2.94. The summed E-state index contributed by atoms with van der Waals surface area (Å²) < 4.78 is 5.68. The van der Waals surface area contributed by atoms with Crippen molar-refractivity contribution in [1.29, 1.82) is 0 Å². The molecule has 0 bridgehead atoms. The van der Waals surface area contributed by atoms with Crippen LogP contribution in [0, 0.1) is 10.1 Å². The number of hydrogen-bond acceptors (Lipinski definition) is 4. The summed E-state index contributed by atoms with van der Waals surface area (Å²) in [5.41, 5.74) is 2.65. The predicted octanol–water partition coefficient (Wildman–Crippen LogP) is 4.08. The highest BCUT2D eigenvalue weighted by Crippen LogP contribution is 2.34. The lowest BCUT2D eigenvalue weighted by atomic mass is 10.1. The van der Waals surface area contributed by atoms with Crippen LogP contribution < -0.4 is 4.74 Å². The summed E-state index contributed by atoms with van der Waals surface area (Å²) in [6.45, 7) is 1.38. The third-order valence-corrected chi connectivity index (χ3v) is 3.86. The molecule has 0 aliphatic heterocycles. The number of nitro benzene ring substituents is 1. The summed E-state index contributed by atoms with van der Waals surface area (Å²) in [7, 11) is 0. The zero-order valence-electron chi connectivity index (χ0n) is 12.2. The number of ketones is 1. The van der Waals surface area contributed by atoms with Gasteiger partial charge in [-0.05, 0) is 61.6 Å². The van der Waals surface area contributed by atoms with Gasteiger partial charge in [0.2, 0.25) is 5.75 Å². The minimum absolute atomic E-state index is 0.146. The molecule has 0 atom stereocenters. The van der Waals surface area contributed by atoms with E-state index >= 15 is 0 Å². The number of ether oxygens (including phenoxy) is 1. The van der Waals surface area contributed by atoms with E-state index in [1.54, 1.807) is 0 Å². The van der Waals surface area contributed by atoms with Gasteiger partial charge in [-0.2, -0.15) is 0 Å². The molecule has 22 heavy (non-hydrogen) atoms. The maximum atomic E-state index is 11.4. The van der Waals surface area contributed by atoms with Gasteiger partial charge in [0, 0.05) is 11.6 Å². The van der Waals surface area contributed by atoms with Gasteiger partial charge in [-0.15, -0.1) is 0 Å². The van der Waals surface area contributed by atoms with Crippen LogP contribution in [-0.2, 0) is 12.8 Å². The van der Waals surface area contributed by atoms with Crippen LogP contribution >= 0.6 is 0 Å². The smallest absolute Gasteiger partial charge is 0.312 e. The van der Waals surface area contributed by atoms with E-state index in [9.17, 15) is 14.9 Å². The Labute approximate surface area is 127 Å². The van der Waals surface area contributed by atoms with Gasteiger partial charge in [0.05, 0.1) is 4.92 Å². The van der Waals surface area contributed by atoms with E-state index in [1.165, 1.54) is 36.2 Å². The number of aryl methyl sites for hydroxylation is 2. The van der Waals surface area contributed by atoms with E-state index in [1.807, 2.05) is 18.2 Å². The van der Waals surface area contributed by atoms with Crippen LogP contribution in [0.15, 0.2) is 36.4 Å². The third kappa shape index (κ3) is 2.70. The van der Waals surface area contributed by atoms with Crippen LogP contribution in [0.1, 0.15) is 34.8 Å². The fourth-order valence-corrected chi connectivity index (χ4v) is 2.70. The summed E-state index contributed by atoms with van der Waals surface area (Å²) in [6.07, 6.45) is 3.22. The first-order chi connectivity index (χ1) is 10.5. The van der Waals surface area contributed by atoms with Crippen molar-refractivity contribution in [3.05, 3.63) is 63.2 Å². The monoisotopic (exact) mass is 297 g/mol. The minimum atomic E-state index is -0.533. The molecule has 2 aromatic carbocycles. The Kier molecular flexibility index (Phi) is 3.63. The zero-order valence-corrected chi connectivity index (χ0v) is 12.2. The Morgan fingerprint density at radius 1 is 1.14 bits per heavy atom. The van der Waals surface area contributed by atoms with Crippen LogP contribution in [0.3, 0.4) is 0 Å². The van der Waals surface area contributed by atoms with E-state index in [0.29, 0.717) is 11.3 Å². The highest BCUT2D eigenvalue weighted by Gasteiger charge is 2.19. The predicted molar refractivity (Wildman–Crippen MR) is 81.6 cm³/mol. The molecule has 1 aliphatic carbocycles. The second kappa shape index (κ2) is 5.60. The van der Waals surface area contributed by atoms with Gasteiger partial charge in [0.15, 0.2) is 5.78 Å². The number of carbonyl (C=O) groups excluding carboxylic acids is 1. The van der Waals surface area contributed by atoms with Crippen molar-refractivity contribution in [1.82, 2.24) is 0 Å². The van der Waals surface area contributed by atoms with Crippen molar-refractivity contribution >= 4 is 11.5 Å². The minimum Gasteiger partial charge on any atom is -0.450 e. The Hall–Kier alpha value is -2.69. The van der Waals surface area contributed by atoms with Gasteiger partial charge >= 0.3 is 5.69 Å². The number of carbonyl (C=O) groups is 1. The molecule has 3 rings (SSSR count). The van der Waals surface area contributed by atoms with Crippen molar-refractivity contribution in [3.63, 3.8) is 0 Å². The van der Waals surface area contributed by atoms with Crippen LogP contribution in [0.2, 0.25) is 0 Å². The Balaban J connectivity index is 1.94. The molecule has 5 nitrogen and oxygen atoms in total. The van der Waals surface area contributed by atoms with Gasteiger partial charge in [0.1, 0.15) is 5.75 Å². The van der Waals surface area contributed by atoms with E-state index in [4.69, 9.17) is 4.74 Å². The van der Waals surface area contributed by atoms with Gasteiger partial charge < -0.3 is 4.74 Å². The Morgan fingerprint density at radius 2 is 1.91 bits per heavy atom. The van der Waals surface area contributed by atoms with Crippen molar-refractivity contribution in [2.75, 3.05) is 0 Å². The summed E-state index contributed by atoms with van der Waals surface area (Å²) in [6, 6.07) is 10.0. The molecule has 0 saturated carbocycles. The quantitative estimate of drug-likeness (QED) is 0.484. The lowest BCUT2D eigenvalue weighted by molar-refractivity contribution is -0.385. The molecular weight excluding hydrogens is 282 g/mol. The van der Waals surface area contributed by atoms with Gasteiger partial charge in [-0.1, -0.05) is 6.07 Å².